The zero-order chi connectivity index (χ0) is 9.68. The summed E-state index contributed by atoms with van der Waals surface area (Å²) < 4.78 is 0. The molecule has 0 saturated carbocycles. The summed E-state index contributed by atoms with van der Waals surface area (Å²) in [6, 6.07) is 8.46. The molecule has 1 aromatic carbocycles. The number of hydrogen-bond donors (Lipinski definition) is 0. The number of allylic oxidation sites excluding steroid dienone is 1. The Morgan fingerprint density at radius 2 is 1.85 bits per heavy atom. The standard InChI is InChI=1S/C12H15N/c1-4-13-9-11(3)12-7-5-10(2)6-8-12/h4-9H,1-3H3/b11-9+,13-4?. The summed E-state index contributed by atoms with van der Waals surface area (Å²) in [4.78, 5) is 4.08. The summed E-state index contributed by atoms with van der Waals surface area (Å²) in [5, 5.41) is 0. The Labute approximate surface area is 79.8 Å². The van der Waals surface area contributed by atoms with Crippen LogP contribution in [0.2, 0.25) is 0 Å². The highest BCUT2D eigenvalue weighted by atomic mass is 14.7. The van der Waals surface area contributed by atoms with Gasteiger partial charge in [-0.1, -0.05) is 29.8 Å². The van der Waals surface area contributed by atoms with E-state index in [1.54, 1.807) is 6.21 Å². The third kappa shape index (κ3) is 2.86. The molecule has 1 heteroatoms. The van der Waals surface area contributed by atoms with Gasteiger partial charge in [0.25, 0.3) is 0 Å². The predicted molar refractivity (Wildman–Crippen MR) is 59.0 cm³/mol. The van der Waals surface area contributed by atoms with Crippen LogP contribution in [0.4, 0.5) is 0 Å². The van der Waals surface area contributed by atoms with E-state index < -0.39 is 0 Å². The molecular formula is C12H15N. The lowest BCUT2D eigenvalue weighted by Crippen LogP contribution is -1.79. The molecule has 0 atom stereocenters. The van der Waals surface area contributed by atoms with E-state index in [-0.39, 0.29) is 0 Å². The average Bonchev–Trinajstić information content (AvgIpc) is 2.15. The normalized spacial score (nSPS) is 12.4. The van der Waals surface area contributed by atoms with Gasteiger partial charge < -0.3 is 0 Å². The topological polar surface area (TPSA) is 12.4 Å². The Hall–Kier alpha value is -1.37. The van der Waals surface area contributed by atoms with E-state index in [4.69, 9.17) is 0 Å². The molecule has 0 aliphatic carbocycles. The first-order valence-corrected chi connectivity index (χ1v) is 4.45. The van der Waals surface area contributed by atoms with Crippen molar-refractivity contribution in [1.29, 1.82) is 0 Å². The monoisotopic (exact) mass is 173 g/mol. The van der Waals surface area contributed by atoms with Crippen molar-refractivity contribution < 1.29 is 0 Å². The van der Waals surface area contributed by atoms with Gasteiger partial charge >= 0.3 is 0 Å². The number of rotatable bonds is 2. The molecule has 0 fully saturated rings. The van der Waals surface area contributed by atoms with Crippen molar-refractivity contribution in [2.45, 2.75) is 20.8 Å². The van der Waals surface area contributed by atoms with Gasteiger partial charge in [-0.3, -0.25) is 4.99 Å². The first kappa shape index (κ1) is 9.72. The predicted octanol–water partition coefficient (Wildman–Crippen LogP) is 3.45. The second kappa shape index (κ2) is 4.61. The third-order valence-electron chi connectivity index (χ3n) is 1.92. The van der Waals surface area contributed by atoms with Crippen molar-refractivity contribution >= 4 is 11.8 Å². The minimum atomic E-state index is 1.19. The molecule has 0 N–H and O–H groups in total. The molecule has 0 heterocycles. The third-order valence-corrected chi connectivity index (χ3v) is 1.92. The summed E-state index contributed by atoms with van der Waals surface area (Å²) in [5.74, 6) is 0. The largest absolute Gasteiger partial charge is 0.269 e. The molecule has 0 aromatic heterocycles. The Morgan fingerprint density at radius 3 is 2.38 bits per heavy atom. The lowest BCUT2D eigenvalue weighted by Gasteiger charge is -1.99. The molecule has 1 aromatic rings. The van der Waals surface area contributed by atoms with Crippen molar-refractivity contribution in [1.82, 2.24) is 0 Å². The van der Waals surface area contributed by atoms with Crippen LogP contribution in [0.1, 0.15) is 25.0 Å². The van der Waals surface area contributed by atoms with E-state index in [1.807, 2.05) is 13.1 Å². The molecule has 13 heavy (non-hydrogen) atoms. The van der Waals surface area contributed by atoms with Gasteiger partial charge in [-0.25, -0.2) is 0 Å². The summed E-state index contributed by atoms with van der Waals surface area (Å²) in [5.41, 5.74) is 3.71. The van der Waals surface area contributed by atoms with Crippen molar-refractivity contribution in [3.8, 4) is 0 Å². The number of hydrogen-bond acceptors (Lipinski definition) is 1. The van der Waals surface area contributed by atoms with Gasteiger partial charge in [0.2, 0.25) is 0 Å². The van der Waals surface area contributed by atoms with E-state index in [2.05, 4.69) is 43.1 Å². The van der Waals surface area contributed by atoms with Gasteiger partial charge in [-0.15, -0.1) is 0 Å². The second-order valence-corrected chi connectivity index (χ2v) is 3.09. The highest BCUT2D eigenvalue weighted by Crippen LogP contribution is 2.13. The number of nitrogens with zero attached hydrogens (tertiary/aromatic N) is 1. The van der Waals surface area contributed by atoms with E-state index >= 15 is 0 Å². The molecule has 0 saturated heterocycles. The van der Waals surface area contributed by atoms with Gasteiger partial charge in [0.15, 0.2) is 0 Å². The van der Waals surface area contributed by atoms with Crippen LogP contribution in [0.3, 0.4) is 0 Å². The van der Waals surface area contributed by atoms with Crippen LogP contribution in [0, 0.1) is 6.92 Å². The first-order chi connectivity index (χ1) is 6.24. The summed E-state index contributed by atoms with van der Waals surface area (Å²) in [7, 11) is 0. The van der Waals surface area contributed by atoms with Gasteiger partial charge in [-0.2, -0.15) is 0 Å². The summed E-state index contributed by atoms with van der Waals surface area (Å²) >= 11 is 0. The lowest BCUT2D eigenvalue weighted by molar-refractivity contribution is 1.43. The van der Waals surface area contributed by atoms with Crippen molar-refractivity contribution in [3.05, 3.63) is 41.6 Å². The molecule has 0 aliphatic rings. The van der Waals surface area contributed by atoms with Crippen LogP contribution in [-0.4, -0.2) is 6.21 Å². The van der Waals surface area contributed by atoms with E-state index in [1.165, 1.54) is 16.7 Å². The van der Waals surface area contributed by atoms with Gasteiger partial charge in [0.1, 0.15) is 0 Å². The average molecular weight is 173 g/mol. The van der Waals surface area contributed by atoms with Crippen LogP contribution in [0.5, 0.6) is 0 Å². The maximum Gasteiger partial charge on any atom is 0.0298 e. The summed E-state index contributed by atoms with van der Waals surface area (Å²) in [6.07, 6.45) is 3.67. The Bertz CT molecular complexity index is 317. The van der Waals surface area contributed by atoms with Crippen molar-refractivity contribution in [3.63, 3.8) is 0 Å². The highest BCUT2D eigenvalue weighted by Gasteiger charge is 1.92. The SMILES string of the molecule is CC=N/C=C(\C)c1ccc(C)cc1. The van der Waals surface area contributed by atoms with Crippen molar-refractivity contribution in [2.24, 2.45) is 4.99 Å². The molecule has 0 radical (unpaired) electrons. The molecule has 1 rings (SSSR count). The fourth-order valence-corrected chi connectivity index (χ4v) is 1.08. The van der Waals surface area contributed by atoms with E-state index in [9.17, 15) is 0 Å². The maximum absolute atomic E-state index is 4.08. The number of benzene rings is 1. The first-order valence-electron chi connectivity index (χ1n) is 4.45. The summed E-state index contributed by atoms with van der Waals surface area (Å²) in [6.45, 7) is 6.07. The minimum absolute atomic E-state index is 1.19. The Balaban J connectivity index is 2.89. The zero-order valence-electron chi connectivity index (χ0n) is 8.41. The zero-order valence-corrected chi connectivity index (χ0v) is 8.41. The molecule has 0 unspecified atom stereocenters. The fourth-order valence-electron chi connectivity index (χ4n) is 1.08. The van der Waals surface area contributed by atoms with Crippen LogP contribution in [0.15, 0.2) is 35.5 Å². The van der Waals surface area contributed by atoms with Crippen LogP contribution in [0.25, 0.3) is 5.57 Å². The van der Waals surface area contributed by atoms with E-state index in [0.717, 1.165) is 0 Å². The van der Waals surface area contributed by atoms with Crippen LogP contribution < -0.4 is 0 Å². The Kier molecular flexibility index (Phi) is 3.44. The lowest BCUT2D eigenvalue weighted by atomic mass is 10.1. The van der Waals surface area contributed by atoms with Crippen LogP contribution in [-0.2, 0) is 0 Å². The smallest absolute Gasteiger partial charge is 0.0298 e. The van der Waals surface area contributed by atoms with Gasteiger partial charge in [-0.05, 0) is 31.9 Å². The van der Waals surface area contributed by atoms with Crippen LogP contribution >= 0.6 is 0 Å². The second-order valence-electron chi connectivity index (χ2n) is 3.09. The molecular weight excluding hydrogens is 158 g/mol. The molecule has 0 spiro atoms. The molecule has 0 bridgehead atoms. The maximum atomic E-state index is 4.08. The van der Waals surface area contributed by atoms with E-state index in [0.29, 0.717) is 0 Å². The highest BCUT2D eigenvalue weighted by molar-refractivity contribution is 5.65. The van der Waals surface area contributed by atoms with Gasteiger partial charge in [0, 0.05) is 12.4 Å². The molecule has 1 nitrogen and oxygen atoms in total. The molecule has 68 valence electrons. The minimum Gasteiger partial charge on any atom is -0.269 e. The van der Waals surface area contributed by atoms with Gasteiger partial charge in [0.05, 0.1) is 0 Å². The van der Waals surface area contributed by atoms with Crippen molar-refractivity contribution in [2.75, 3.05) is 0 Å². The molecule has 0 amide bonds. The number of aryl methyl sites for hydroxylation is 1. The Morgan fingerprint density at radius 1 is 1.23 bits per heavy atom. The molecule has 0 aliphatic heterocycles. The quantitative estimate of drug-likeness (QED) is 0.607. The fraction of sp³-hybridized carbons (Fsp3) is 0.250. The number of aliphatic imine (C=N–C) groups is 1.